The van der Waals surface area contributed by atoms with Crippen LogP contribution >= 0.6 is 0 Å². The molecule has 0 rings (SSSR count). The lowest BCUT2D eigenvalue weighted by Gasteiger charge is -2.26. The lowest BCUT2D eigenvalue weighted by atomic mass is 10.00. The summed E-state index contributed by atoms with van der Waals surface area (Å²) >= 11 is 0. The zero-order chi connectivity index (χ0) is 21.4. The zero-order valence-electron chi connectivity index (χ0n) is 21.1. The molecule has 0 aliphatic heterocycles. The molecule has 0 aromatic rings. The first-order chi connectivity index (χ1) is 14.3. The third-order valence-corrected chi connectivity index (χ3v) is 6.40. The van der Waals surface area contributed by atoms with Gasteiger partial charge in [-0.3, -0.25) is 0 Å². The van der Waals surface area contributed by atoms with Gasteiger partial charge in [-0.05, 0) is 25.7 Å². The average molecular weight is 411 g/mol. The summed E-state index contributed by atoms with van der Waals surface area (Å²) in [5.74, 6) is 0. The Labute approximate surface area is 186 Å². The summed E-state index contributed by atoms with van der Waals surface area (Å²) in [6.07, 6.45) is 31.1. The van der Waals surface area contributed by atoms with Gasteiger partial charge in [-0.25, -0.2) is 0 Å². The fraction of sp³-hybridized carbons (Fsp3) is 1.00. The van der Waals surface area contributed by atoms with E-state index in [-0.39, 0.29) is 0 Å². The predicted molar refractivity (Wildman–Crippen MR) is 133 cm³/mol. The van der Waals surface area contributed by atoms with Gasteiger partial charge in [-0.1, -0.05) is 143 Å². The van der Waals surface area contributed by atoms with Crippen LogP contribution in [0.25, 0.3) is 0 Å². The maximum absolute atomic E-state index is 6.82. The molecule has 0 heterocycles. The van der Waals surface area contributed by atoms with Gasteiger partial charge in [0.05, 0.1) is 12.2 Å². The molecule has 2 unspecified atom stereocenters. The van der Waals surface area contributed by atoms with Gasteiger partial charge in [0.25, 0.3) is 0 Å². The molecule has 0 aromatic carbocycles. The van der Waals surface area contributed by atoms with Crippen molar-refractivity contribution in [2.24, 2.45) is 0 Å². The molecule has 0 N–H and O–H groups in total. The van der Waals surface area contributed by atoms with E-state index in [1.807, 2.05) is 0 Å². The summed E-state index contributed by atoms with van der Waals surface area (Å²) in [5, 5.41) is 0. The second-order valence-corrected chi connectivity index (χ2v) is 9.48. The molecule has 2 atom stereocenters. The minimum absolute atomic E-state index is 0.528. The summed E-state index contributed by atoms with van der Waals surface area (Å²) < 4.78 is 6.82. The summed E-state index contributed by atoms with van der Waals surface area (Å²) in [6, 6.07) is 0. The van der Waals surface area contributed by atoms with Crippen LogP contribution in [0.4, 0.5) is 0 Å². The summed E-state index contributed by atoms with van der Waals surface area (Å²) in [6.45, 7) is 9.24. The molecule has 0 bridgehead atoms. The molecule has 176 valence electrons. The van der Waals surface area contributed by atoms with Crippen molar-refractivity contribution in [1.29, 1.82) is 0 Å². The molecule has 0 saturated carbocycles. The molecule has 1 heteroatoms. The predicted octanol–water partition coefficient (Wildman–Crippen LogP) is 10.4. The molecule has 29 heavy (non-hydrogen) atoms. The summed E-state index contributed by atoms with van der Waals surface area (Å²) in [5.41, 5.74) is 0. The smallest absolute Gasteiger partial charge is 0.0578 e. The van der Waals surface area contributed by atoms with Crippen LogP contribution in [-0.2, 0) is 4.74 Å². The van der Waals surface area contributed by atoms with Crippen LogP contribution in [0.2, 0.25) is 0 Å². The Hall–Kier alpha value is -0.0400. The molecular weight excluding hydrogens is 352 g/mol. The molecule has 0 saturated heterocycles. The van der Waals surface area contributed by atoms with Gasteiger partial charge in [0.15, 0.2) is 0 Å². The van der Waals surface area contributed by atoms with E-state index >= 15 is 0 Å². The molecule has 0 aliphatic rings. The topological polar surface area (TPSA) is 9.23 Å². The van der Waals surface area contributed by atoms with Crippen molar-refractivity contribution in [2.75, 3.05) is 0 Å². The Morgan fingerprint density at radius 2 is 0.586 bits per heavy atom. The highest BCUT2D eigenvalue weighted by Crippen LogP contribution is 2.22. The Kier molecular flexibility index (Phi) is 24.2. The number of hydrogen-bond donors (Lipinski definition) is 0. The first kappa shape index (κ1) is 29.0. The van der Waals surface area contributed by atoms with Crippen LogP contribution in [0.15, 0.2) is 0 Å². The molecule has 0 aromatic heterocycles. The van der Waals surface area contributed by atoms with E-state index in [9.17, 15) is 0 Å². The summed E-state index contributed by atoms with van der Waals surface area (Å²) in [4.78, 5) is 0. The third-order valence-electron chi connectivity index (χ3n) is 6.40. The number of rotatable bonds is 24. The molecule has 0 fully saturated rings. The highest BCUT2D eigenvalue weighted by atomic mass is 16.5. The summed E-state index contributed by atoms with van der Waals surface area (Å²) in [7, 11) is 0. The first-order valence-corrected chi connectivity index (χ1v) is 13.9. The van der Waals surface area contributed by atoms with Crippen LogP contribution in [0, 0.1) is 0 Å². The van der Waals surface area contributed by atoms with Crippen molar-refractivity contribution in [3.63, 3.8) is 0 Å². The SMILES string of the molecule is CCCCCCCC(CCCCCC)OC(CCCCCC)CCCCCCC. The van der Waals surface area contributed by atoms with Crippen LogP contribution < -0.4 is 0 Å². The normalized spacial score (nSPS) is 13.7. The minimum atomic E-state index is 0.528. The van der Waals surface area contributed by atoms with Gasteiger partial charge in [0, 0.05) is 0 Å². The van der Waals surface area contributed by atoms with Crippen molar-refractivity contribution >= 4 is 0 Å². The van der Waals surface area contributed by atoms with Gasteiger partial charge >= 0.3 is 0 Å². The molecule has 1 nitrogen and oxygen atoms in total. The Morgan fingerprint density at radius 1 is 0.345 bits per heavy atom. The quantitative estimate of drug-likeness (QED) is 0.144. The molecule has 0 amide bonds. The van der Waals surface area contributed by atoms with E-state index in [1.165, 1.54) is 141 Å². The van der Waals surface area contributed by atoms with Gasteiger partial charge < -0.3 is 4.74 Å². The second kappa shape index (κ2) is 24.2. The van der Waals surface area contributed by atoms with Gasteiger partial charge in [-0.15, -0.1) is 0 Å². The lowest BCUT2D eigenvalue weighted by molar-refractivity contribution is -0.0324. The molecular formula is C28H58O. The standard InChI is InChI=1S/C28H58O/c1-5-9-13-17-21-25-27(23-19-15-11-7-3)29-28(24-20-16-12-8-4)26-22-18-14-10-6-2/h27-28H,5-26H2,1-4H3. The van der Waals surface area contributed by atoms with E-state index in [0.717, 1.165) is 0 Å². The molecule has 0 spiro atoms. The molecule has 0 radical (unpaired) electrons. The van der Waals surface area contributed by atoms with Crippen molar-refractivity contribution in [1.82, 2.24) is 0 Å². The van der Waals surface area contributed by atoms with Crippen molar-refractivity contribution < 1.29 is 4.74 Å². The highest BCUT2D eigenvalue weighted by Gasteiger charge is 2.16. The van der Waals surface area contributed by atoms with Crippen molar-refractivity contribution in [3.05, 3.63) is 0 Å². The third kappa shape index (κ3) is 21.0. The van der Waals surface area contributed by atoms with E-state index in [2.05, 4.69) is 27.7 Å². The van der Waals surface area contributed by atoms with E-state index in [1.54, 1.807) is 0 Å². The minimum Gasteiger partial charge on any atom is -0.375 e. The highest BCUT2D eigenvalue weighted by molar-refractivity contribution is 4.67. The van der Waals surface area contributed by atoms with Crippen molar-refractivity contribution in [3.8, 4) is 0 Å². The van der Waals surface area contributed by atoms with Gasteiger partial charge in [0.2, 0.25) is 0 Å². The monoisotopic (exact) mass is 410 g/mol. The van der Waals surface area contributed by atoms with Crippen LogP contribution in [0.3, 0.4) is 0 Å². The van der Waals surface area contributed by atoms with Crippen molar-refractivity contribution in [2.45, 2.75) is 181 Å². The number of ether oxygens (including phenoxy) is 1. The van der Waals surface area contributed by atoms with Gasteiger partial charge in [0.1, 0.15) is 0 Å². The first-order valence-electron chi connectivity index (χ1n) is 13.9. The second-order valence-electron chi connectivity index (χ2n) is 9.48. The van der Waals surface area contributed by atoms with E-state index in [0.29, 0.717) is 12.2 Å². The maximum atomic E-state index is 6.82. The maximum Gasteiger partial charge on any atom is 0.0578 e. The Morgan fingerprint density at radius 3 is 0.862 bits per heavy atom. The number of unbranched alkanes of at least 4 members (excludes halogenated alkanes) is 14. The Balaban J connectivity index is 4.46. The average Bonchev–Trinajstić information content (AvgIpc) is 2.73. The van der Waals surface area contributed by atoms with E-state index in [4.69, 9.17) is 4.74 Å². The van der Waals surface area contributed by atoms with Crippen LogP contribution in [0.5, 0.6) is 0 Å². The van der Waals surface area contributed by atoms with Crippen LogP contribution in [0.1, 0.15) is 169 Å². The molecule has 0 aliphatic carbocycles. The lowest BCUT2D eigenvalue weighted by Crippen LogP contribution is -2.23. The fourth-order valence-electron chi connectivity index (χ4n) is 4.38. The fourth-order valence-corrected chi connectivity index (χ4v) is 4.38. The van der Waals surface area contributed by atoms with Gasteiger partial charge in [-0.2, -0.15) is 0 Å². The number of hydrogen-bond acceptors (Lipinski definition) is 1. The van der Waals surface area contributed by atoms with Crippen LogP contribution in [-0.4, -0.2) is 12.2 Å². The van der Waals surface area contributed by atoms with E-state index < -0.39 is 0 Å². The largest absolute Gasteiger partial charge is 0.375 e. The zero-order valence-corrected chi connectivity index (χ0v) is 21.1. The Bertz CT molecular complexity index is 260.